The molecule has 0 aromatic carbocycles. The molecule has 1 N–H and O–H groups in total. The third-order valence-corrected chi connectivity index (χ3v) is 3.94. The van der Waals surface area contributed by atoms with Crippen LogP contribution in [0.25, 0.3) is 0 Å². The molecule has 2 aliphatic rings. The van der Waals surface area contributed by atoms with Crippen molar-refractivity contribution in [3.05, 3.63) is 0 Å². The maximum atomic E-state index is 11.9. The van der Waals surface area contributed by atoms with E-state index in [4.69, 9.17) is 0 Å². The van der Waals surface area contributed by atoms with Gasteiger partial charge < -0.3 is 5.32 Å². The number of halogens is 1. The lowest BCUT2D eigenvalue weighted by molar-refractivity contribution is -0.127. The van der Waals surface area contributed by atoms with Crippen molar-refractivity contribution in [3.63, 3.8) is 0 Å². The second-order valence-electron chi connectivity index (χ2n) is 4.63. The minimum absolute atomic E-state index is 0. The zero-order chi connectivity index (χ0) is 10.2. The molecule has 4 heteroatoms. The molecule has 1 heterocycles. The lowest BCUT2D eigenvalue weighted by Gasteiger charge is -2.35. The second kappa shape index (κ2) is 4.71. The van der Waals surface area contributed by atoms with Gasteiger partial charge in [0, 0.05) is 6.04 Å². The number of nitrogens with zero attached hydrogens (tertiary/aromatic N) is 1. The van der Waals surface area contributed by atoms with Crippen LogP contribution in [-0.4, -0.2) is 29.1 Å². The summed E-state index contributed by atoms with van der Waals surface area (Å²) in [6.07, 6.45) is 5.66. The van der Waals surface area contributed by atoms with Crippen molar-refractivity contribution in [1.82, 2.24) is 10.2 Å². The summed E-state index contributed by atoms with van der Waals surface area (Å²) < 4.78 is 0. The lowest BCUT2D eigenvalue weighted by Crippen LogP contribution is -2.50. The Morgan fingerprint density at radius 3 is 2.60 bits per heavy atom. The van der Waals surface area contributed by atoms with Gasteiger partial charge in [-0.1, -0.05) is 19.8 Å². The highest BCUT2D eigenvalue weighted by Crippen LogP contribution is 2.39. The average molecular weight is 233 g/mol. The minimum Gasteiger partial charge on any atom is -0.342 e. The molecule has 15 heavy (non-hydrogen) atoms. The van der Waals surface area contributed by atoms with Crippen molar-refractivity contribution in [1.29, 1.82) is 0 Å². The summed E-state index contributed by atoms with van der Waals surface area (Å²) in [5, 5.41) is 3.00. The van der Waals surface area contributed by atoms with Gasteiger partial charge in [0.1, 0.15) is 5.54 Å². The molecule has 1 aliphatic heterocycles. The quantitative estimate of drug-likeness (QED) is 0.789. The number of rotatable bonds is 2. The third-order valence-electron chi connectivity index (χ3n) is 3.94. The van der Waals surface area contributed by atoms with Crippen LogP contribution in [0.15, 0.2) is 0 Å². The van der Waals surface area contributed by atoms with Crippen LogP contribution in [0.3, 0.4) is 0 Å². The standard InChI is InChI=1S/C11H20N2O.ClH/c1-3-9(2)13-8-12-10(14)11(13)6-4-5-7-11;/h9H,3-8H2,1-2H3,(H,12,14);1H. The van der Waals surface area contributed by atoms with Gasteiger partial charge in [0.2, 0.25) is 5.91 Å². The summed E-state index contributed by atoms with van der Waals surface area (Å²) in [4.78, 5) is 14.3. The predicted octanol–water partition coefficient (Wildman–Crippen LogP) is 1.91. The fourth-order valence-corrected chi connectivity index (χ4v) is 2.88. The first-order chi connectivity index (χ1) is 6.70. The van der Waals surface area contributed by atoms with E-state index in [2.05, 4.69) is 24.1 Å². The average Bonchev–Trinajstić information content (AvgIpc) is 2.78. The third kappa shape index (κ3) is 1.87. The summed E-state index contributed by atoms with van der Waals surface area (Å²) in [6, 6.07) is 0.520. The molecule has 2 fully saturated rings. The highest BCUT2D eigenvalue weighted by Gasteiger charge is 2.51. The molecule has 2 rings (SSSR count). The summed E-state index contributed by atoms with van der Waals surface area (Å²) in [5.41, 5.74) is -0.130. The molecule has 0 aromatic rings. The lowest BCUT2D eigenvalue weighted by atomic mass is 9.94. The Morgan fingerprint density at radius 1 is 1.47 bits per heavy atom. The zero-order valence-electron chi connectivity index (χ0n) is 9.58. The molecular weight excluding hydrogens is 212 g/mol. The molecule has 1 aliphatic carbocycles. The Balaban J connectivity index is 0.00000112. The molecule has 0 radical (unpaired) electrons. The molecule has 1 spiro atoms. The van der Waals surface area contributed by atoms with Gasteiger partial charge in [-0.05, 0) is 26.2 Å². The molecule has 0 aromatic heterocycles. The van der Waals surface area contributed by atoms with Crippen LogP contribution in [0.5, 0.6) is 0 Å². The van der Waals surface area contributed by atoms with Crippen LogP contribution >= 0.6 is 12.4 Å². The van der Waals surface area contributed by atoms with Crippen LogP contribution in [0.2, 0.25) is 0 Å². The Morgan fingerprint density at radius 2 is 2.07 bits per heavy atom. The van der Waals surface area contributed by atoms with Crippen molar-refractivity contribution in [3.8, 4) is 0 Å². The van der Waals surface area contributed by atoms with E-state index in [0.29, 0.717) is 6.04 Å². The molecule has 1 amide bonds. The SMILES string of the molecule is CCC(C)N1CNC(=O)C12CCCC2.Cl. The van der Waals surface area contributed by atoms with E-state index in [1.165, 1.54) is 12.8 Å². The number of carbonyl (C=O) groups is 1. The second-order valence-corrected chi connectivity index (χ2v) is 4.63. The Labute approximate surface area is 98.0 Å². The number of nitrogens with one attached hydrogen (secondary N) is 1. The first kappa shape index (κ1) is 12.8. The molecule has 3 nitrogen and oxygen atoms in total. The van der Waals surface area contributed by atoms with Crippen molar-refractivity contribution in [2.75, 3.05) is 6.67 Å². The van der Waals surface area contributed by atoms with Gasteiger partial charge in [-0.2, -0.15) is 0 Å². The summed E-state index contributed by atoms with van der Waals surface area (Å²) in [5.74, 6) is 0.273. The molecule has 1 saturated carbocycles. The van der Waals surface area contributed by atoms with Gasteiger partial charge in [-0.25, -0.2) is 0 Å². The highest BCUT2D eigenvalue weighted by atomic mass is 35.5. The Bertz CT molecular complexity index is 239. The first-order valence-corrected chi connectivity index (χ1v) is 5.76. The van der Waals surface area contributed by atoms with Gasteiger partial charge in [-0.3, -0.25) is 9.69 Å². The van der Waals surface area contributed by atoms with Crippen molar-refractivity contribution in [2.24, 2.45) is 0 Å². The van der Waals surface area contributed by atoms with Crippen LogP contribution < -0.4 is 5.32 Å². The fourth-order valence-electron chi connectivity index (χ4n) is 2.88. The van der Waals surface area contributed by atoms with E-state index in [1.54, 1.807) is 0 Å². The van der Waals surface area contributed by atoms with E-state index in [9.17, 15) is 4.79 Å². The zero-order valence-corrected chi connectivity index (χ0v) is 10.4. The smallest absolute Gasteiger partial charge is 0.241 e. The fraction of sp³-hybridized carbons (Fsp3) is 0.909. The van der Waals surface area contributed by atoms with E-state index in [1.807, 2.05) is 0 Å². The highest BCUT2D eigenvalue weighted by molar-refractivity contribution is 5.88. The summed E-state index contributed by atoms with van der Waals surface area (Å²) in [6.45, 7) is 5.17. The van der Waals surface area contributed by atoms with E-state index < -0.39 is 0 Å². The topological polar surface area (TPSA) is 32.3 Å². The number of carbonyl (C=O) groups excluding carboxylic acids is 1. The van der Waals surface area contributed by atoms with Gasteiger partial charge in [0.05, 0.1) is 6.67 Å². The minimum atomic E-state index is -0.130. The van der Waals surface area contributed by atoms with Crippen LogP contribution in [-0.2, 0) is 4.79 Å². The van der Waals surface area contributed by atoms with Gasteiger partial charge in [-0.15, -0.1) is 12.4 Å². The Kier molecular flexibility index (Phi) is 4.01. The number of hydrogen-bond acceptors (Lipinski definition) is 2. The number of amides is 1. The summed E-state index contributed by atoms with van der Waals surface area (Å²) >= 11 is 0. The molecule has 1 saturated heterocycles. The molecule has 0 bridgehead atoms. The van der Waals surface area contributed by atoms with Crippen LogP contribution in [0.1, 0.15) is 46.0 Å². The summed E-state index contributed by atoms with van der Waals surface area (Å²) in [7, 11) is 0. The first-order valence-electron chi connectivity index (χ1n) is 5.76. The number of hydrogen-bond donors (Lipinski definition) is 1. The molecular formula is C11H21ClN2O. The Hall–Kier alpha value is -0.280. The maximum absolute atomic E-state index is 11.9. The maximum Gasteiger partial charge on any atom is 0.241 e. The van der Waals surface area contributed by atoms with Gasteiger partial charge >= 0.3 is 0 Å². The van der Waals surface area contributed by atoms with E-state index >= 15 is 0 Å². The molecule has 1 unspecified atom stereocenters. The normalized spacial score (nSPS) is 26.4. The van der Waals surface area contributed by atoms with Crippen LogP contribution in [0.4, 0.5) is 0 Å². The van der Waals surface area contributed by atoms with Crippen molar-refractivity contribution >= 4 is 18.3 Å². The van der Waals surface area contributed by atoms with E-state index in [-0.39, 0.29) is 23.9 Å². The monoisotopic (exact) mass is 232 g/mol. The van der Waals surface area contributed by atoms with Crippen molar-refractivity contribution < 1.29 is 4.79 Å². The molecule has 1 atom stereocenters. The van der Waals surface area contributed by atoms with Crippen LogP contribution in [0, 0.1) is 0 Å². The van der Waals surface area contributed by atoms with Crippen molar-refractivity contribution in [2.45, 2.75) is 57.5 Å². The van der Waals surface area contributed by atoms with E-state index in [0.717, 1.165) is 25.9 Å². The van der Waals surface area contributed by atoms with Gasteiger partial charge in [0.15, 0.2) is 0 Å². The van der Waals surface area contributed by atoms with Gasteiger partial charge in [0.25, 0.3) is 0 Å². The predicted molar refractivity (Wildman–Crippen MR) is 63.0 cm³/mol. The molecule has 88 valence electrons. The largest absolute Gasteiger partial charge is 0.342 e.